The van der Waals surface area contributed by atoms with Gasteiger partial charge in [0.05, 0.1) is 13.7 Å². The lowest BCUT2D eigenvalue weighted by Gasteiger charge is -2.23. The van der Waals surface area contributed by atoms with Gasteiger partial charge in [-0.15, -0.1) is 0 Å². The van der Waals surface area contributed by atoms with Gasteiger partial charge in [-0.2, -0.15) is 0 Å². The molecule has 0 atom stereocenters. The Kier molecular flexibility index (Phi) is 7.61. The van der Waals surface area contributed by atoms with Gasteiger partial charge >= 0.3 is 0 Å². The number of amides is 2. The van der Waals surface area contributed by atoms with Crippen LogP contribution in [0.5, 0.6) is 5.75 Å². The third-order valence-corrected chi connectivity index (χ3v) is 4.83. The van der Waals surface area contributed by atoms with E-state index < -0.39 is 0 Å². The van der Waals surface area contributed by atoms with Crippen molar-refractivity contribution in [3.63, 3.8) is 0 Å². The molecule has 0 bridgehead atoms. The Hall–Kier alpha value is -3.60. The van der Waals surface area contributed by atoms with E-state index in [2.05, 4.69) is 17.4 Å². The first-order valence-electron chi connectivity index (χ1n) is 9.93. The topological polar surface area (TPSA) is 58.6 Å². The van der Waals surface area contributed by atoms with Gasteiger partial charge in [-0.25, -0.2) is 0 Å². The van der Waals surface area contributed by atoms with Crippen LogP contribution >= 0.6 is 0 Å². The predicted octanol–water partition coefficient (Wildman–Crippen LogP) is 3.70. The molecule has 2 amide bonds. The maximum atomic E-state index is 12.9. The summed E-state index contributed by atoms with van der Waals surface area (Å²) in [6.07, 6.45) is 0.756. The summed E-state index contributed by atoms with van der Waals surface area (Å²) in [4.78, 5) is 27.1. The van der Waals surface area contributed by atoms with E-state index in [0.29, 0.717) is 24.4 Å². The number of rotatable bonds is 9. The van der Waals surface area contributed by atoms with Crippen molar-refractivity contribution in [1.29, 1.82) is 0 Å². The quantitative estimate of drug-likeness (QED) is 0.594. The zero-order valence-electron chi connectivity index (χ0n) is 17.1. The highest BCUT2D eigenvalue weighted by Crippen LogP contribution is 2.11. The summed E-state index contributed by atoms with van der Waals surface area (Å²) in [7, 11) is 1.57. The number of methoxy groups -OCH3 is 1. The smallest absolute Gasteiger partial charge is 0.251 e. The molecular formula is C25H26N2O3. The van der Waals surface area contributed by atoms with Crippen molar-refractivity contribution in [1.82, 2.24) is 10.2 Å². The Morgan fingerprint density at radius 3 is 2.03 bits per heavy atom. The minimum atomic E-state index is -0.284. The van der Waals surface area contributed by atoms with E-state index >= 15 is 0 Å². The Bertz CT molecular complexity index is 941. The van der Waals surface area contributed by atoms with Crippen LogP contribution < -0.4 is 10.1 Å². The van der Waals surface area contributed by atoms with Gasteiger partial charge in [-0.1, -0.05) is 60.7 Å². The zero-order valence-corrected chi connectivity index (χ0v) is 17.1. The van der Waals surface area contributed by atoms with Crippen molar-refractivity contribution in [2.24, 2.45) is 0 Å². The number of ether oxygens (including phenoxy) is 1. The number of hydrogen-bond acceptors (Lipinski definition) is 3. The van der Waals surface area contributed by atoms with Crippen LogP contribution in [0, 0.1) is 0 Å². The van der Waals surface area contributed by atoms with Crippen molar-refractivity contribution >= 4 is 11.8 Å². The van der Waals surface area contributed by atoms with Crippen LogP contribution in [0.15, 0.2) is 84.9 Å². The largest absolute Gasteiger partial charge is 0.497 e. The average molecular weight is 402 g/mol. The minimum Gasteiger partial charge on any atom is -0.497 e. The van der Waals surface area contributed by atoms with Crippen molar-refractivity contribution in [3.05, 3.63) is 102 Å². The summed E-state index contributed by atoms with van der Waals surface area (Å²) in [6.45, 7) is 1.04. The highest BCUT2D eigenvalue weighted by Gasteiger charge is 2.16. The third kappa shape index (κ3) is 6.21. The van der Waals surface area contributed by atoms with Crippen LogP contribution in [0.2, 0.25) is 0 Å². The molecule has 0 unspecified atom stereocenters. The van der Waals surface area contributed by atoms with Crippen molar-refractivity contribution < 1.29 is 14.3 Å². The van der Waals surface area contributed by atoms with Gasteiger partial charge < -0.3 is 15.0 Å². The molecular weight excluding hydrogens is 376 g/mol. The summed E-state index contributed by atoms with van der Waals surface area (Å²) in [5, 5.41) is 2.73. The van der Waals surface area contributed by atoms with E-state index in [1.165, 1.54) is 5.56 Å². The molecule has 0 aliphatic carbocycles. The summed E-state index contributed by atoms with van der Waals surface area (Å²) in [5.74, 6) is 0.281. The van der Waals surface area contributed by atoms with Crippen molar-refractivity contribution in [2.45, 2.75) is 13.0 Å². The van der Waals surface area contributed by atoms with Gasteiger partial charge in [0.2, 0.25) is 5.91 Å². The number of nitrogens with one attached hydrogen (secondary N) is 1. The second-order valence-corrected chi connectivity index (χ2v) is 6.95. The van der Waals surface area contributed by atoms with Crippen LogP contribution in [0.4, 0.5) is 0 Å². The summed E-state index contributed by atoms with van der Waals surface area (Å²) in [5.41, 5.74) is 2.72. The monoisotopic (exact) mass is 402 g/mol. The molecule has 0 saturated carbocycles. The van der Waals surface area contributed by atoms with E-state index in [1.807, 2.05) is 48.5 Å². The van der Waals surface area contributed by atoms with Gasteiger partial charge in [-0.05, 0) is 41.8 Å². The molecule has 3 aromatic carbocycles. The number of benzene rings is 3. The van der Waals surface area contributed by atoms with Crippen LogP contribution in [-0.2, 0) is 17.8 Å². The van der Waals surface area contributed by atoms with Gasteiger partial charge in [0.25, 0.3) is 5.91 Å². The van der Waals surface area contributed by atoms with Gasteiger partial charge in [0, 0.05) is 18.7 Å². The van der Waals surface area contributed by atoms with Gasteiger partial charge in [0.1, 0.15) is 5.75 Å². The fourth-order valence-corrected chi connectivity index (χ4v) is 3.12. The SMILES string of the molecule is COc1ccc(C(=O)NCC(=O)N(CCc2ccccc2)Cc2ccccc2)cc1. The fraction of sp³-hybridized carbons (Fsp3) is 0.200. The van der Waals surface area contributed by atoms with E-state index in [1.54, 1.807) is 36.3 Å². The first-order valence-corrected chi connectivity index (χ1v) is 9.93. The lowest BCUT2D eigenvalue weighted by Crippen LogP contribution is -2.40. The highest BCUT2D eigenvalue weighted by molar-refractivity contribution is 5.96. The Balaban J connectivity index is 1.61. The molecule has 5 nitrogen and oxygen atoms in total. The Morgan fingerprint density at radius 2 is 1.43 bits per heavy atom. The molecule has 0 radical (unpaired) electrons. The first-order chi connectivity index (χ1) is 14.7. The summed E-state index contributed by atoms with van der Waals surface area (Å²) in [6, 6.07) is 26.7. The number of hydrogen-bond donors (Lipinski definition) is 1. The minimum absolute atomic E-state index is 0.0491. The normalized spacial score (nSPS) is 10.3. The molecule has 30 heavy (non-hydrogen) atoms. The summed E-state index contributed by atoms with van der Waals surface area (Å²) < 4.78 is 5.11. The van der Waals surface area contributed by atoms with Crippen LogP contribution in [0.3, 0.4) is 0 Å². The maximum Gasteiger partial charge on any atom is 0.251 e. The lowest BCUT2D eigenvalue weighted by atomic mass is 10.1. The fourth-order valence-electron chi connectivity index (χ4n) is 3.12. The number of carbonyl (C=O) groups excluding carboxylic acids is 2. The molecule has 0 aliphatic heterocycles. The second-order valence-electron chi connectivity index (χ2n) is 6.95. The zero-order chi connectivity index (χ0) is 21.2. The van der Waals surface area contributed by atoms with E-state index in [4.69, 9.17) is 4.74 Å². The second kappa shape index (κ2) is 10.8. The molecule has 154 valence electrons. The van der Waals surface area contributed by atoms with Gasteiger partial charge in [-0.3, -0.25) is 9.59 Å². The van der Waals surface area contributed by atoms with Crippen molar-refractivity contribution in [3.8, 4) is 5.75 Å². The van der Waals surface area contributed by atoms with E-state index in [0.717, 1.165) is 12.0 Å². The molecule has 0 heterocycles. The van der Waals surface area contributed by atoms with Crippen LogP contribution in [0.1, 0.15) is 21.5 Å². The Labute approximate surface area is 177 Å². The highest BCUT2D eigenvalue weighted by atomic mass is 16.5. The third-order valence-electron chi connectivity index (χ3n) is 4.83. The standard InChI is InChI=1S/C25H26N2O3/c1-30-23-14-12-22(13-15-23)25(29)26-18-24(28)27(19-21-10-6-3-7-11-21)17-16-20-8-4-2-5-9-20/h2-15H,16-19H2,1H3,(H,26,29). The van der Waals surface area contributed by atoms with E-state index in [-0.39, 0.29) is 18.4 Å². The molecule has 3 aromatic rings. The maximum absolute atomic E-state index is 12.9. The number of carbonyl (C=O) groups is 2. The lowest BCUT2D eigenvalue weighted by molar-refractivity contribution is -0.130. The molecule has 5 heteroatoms. The van der Waals surface area contributed by atoms with Crippen molar-refractivity contribution in [2.75, 3.05) is 20.2 Å². The number of nitrogens with zero attached hydrogens (tertiary/aromatic N) is 1. The van der Waals surface area contributed by atoms with E-state index in [9.17, 15) is 9.59 Å². The molecule has 0 fully saturated rings. The first kappa shape index (κ1) is 21.1. The predicted molar refractivity (Wildman–Crippen MR) is 117 cm³/mol. The molecule has 0 aromatic heterocycles. The van der Waals surface area contributed by atoms with Crippen LogP contribution in [0.25, 0.3) is 0 Å². The molecule has 3 rings (SSSR count). The molecule has 0 saturated heterocycles. The summed E-state index contributed by atoms with van der Waals surface area (Å²) >= 11 is 0. The molecule has 1 N–H and O–H groups in total. The molecule has 0 aliphatic rings. The van der Waals surface area contributed by atoms with Gasteiger partial charge in [0.15, 0.2) is 0 Å². The Morgan fingerprint density at radius 1 is 0.833 bits per heavy atom. The average Bonchev–Trinajstić information content (AvgIpc) is 2.81. The van der Waals surface area contributed by atoms with Crippen LogP contribution in [-0.4, -0.2) is 36.9 Å². The molecule has 0 spiro atoms.